The number of aromatic amines is 1. The minimum absolute atomic E-state index is 0.103. The molecular weight excluding hydrogens is 350 g/mol. The van der Waals surface area contributed by atoms with Crippen molar-refractivity contribution in [1.29, 1.82) is 0 Å². The Morgan fingerprint density at radius 2 is 1.67 bits per heavy atom. The number of benzene rings is 1. The van der Waals surface area contributed by atoms with Crippen LogP contribution in [0.25, 0.3) is 0 Å². The van der Waals surface area contributed by atoms with Crippen LogP contribution in [-0.4, -0.2) is 41.2 Å². The first-order chi connectivity index (χ1) is 13.0. The fourth-order valence-electron chi connectivity index (χ4n) is 2.88. The first-order valence-electron chi connectivity index (χ1n) is 8.81. The lowest BCUT2D eigenvalue weighted by atomic mass is 9.99. The quantitative estimate of drug-likeness (QED) is 0.655. The lowest BCUT2D eigenvalue weighted by molar-refractivity contribution is -0.142. The van der Waals surface area contributed by atoms with Crippen LogP contribution in [0.4, 0.5) is 0 Å². The van der Waals surface area contributed by atoms with E-state index in [-0.39, 0.29) is 36.6 Å². The van der Waals surface area contributed by atoms with Crippen LogP contribution in [-0.2, 0) is 33.5 Å². The molecule has 0 saturated carbocycles. The van der Waals surface area contributed by atoms with E-state index >= 15 is 0 Å². The number of ether oxygens (including phenoxy) is 2. The highest BCUT2D eigenvalue weighted by molar-refractivity contribution is 5.99. The predicted octanol–water partition coefficient (Wildman–Crippen LogP) is 2.78. The fourth-order valence-corrected chi connectivity index (χ4v) is 2.88. The van der Waals surface area contributed by atoms with Crippen molar-refractivity contribution in [2.45, 2.75) is 33.1 Å². The summed E-state index contributed by atoms with van der Waals surface area (Å²) in [6, 6.07) is 9.53. The average Bonchev–Trinajstić information content (AvgIpc) is 2.99. The van der Waals surface area contributed by atoms with E-state index in [9.17, 15) is 19.5 Å². The molecule has 2 aromatic rings. The molecule has 27 heavy (non-hydrogen) atoms. The maximum atomic E-state index is 12.5. The van der Waals surface area contributed by atoms with Crippen molar-refractivity contribution in [1.82, 2.24) is 4.98 Å². The number of H-pyrrole nitrogens is 1. The molecule has 1 aromatic carbocycles. The van der Waals surface area contributed by atoms with Crippen molar-refractivity contribution in [3.63, 3.8) is 0 Å². The molecule has 7 nitrogen and oxygen atoms in total. The van der Waals surface area contributed by atoms with Gasteiger partial charge in [0.05, 0.1) is 25.2 Å². The van der Waals surface area contributed by atoms with Crippen LogP contribution in [0, 0.1) is 0 Å². The van der Waals surface area contributed by atoms with Crippen LogP contribution < -0.4 is 0 Å². The monoisotopic (exact) mass is 373 g/mol. The van der Waals surface area contributed by atoms with Gasteiger partial charge in [-0.25, -0.2) is 9.59 Å². The van der Waals surface area contributed by atoms with Crippen LogP contribution >= 0.6 is 0 Å². The van der Waals surface area contributed by atoms with Gasteiger partial charge in [0.15, 0.2) is 0 Å². The number of hydrogen-bond acceptors (Lipinski definition) is 5. The number of carbonyl (C=O) groups excluding carboxylic acids is 2. The van der Waals surface area contributed by atoms with Crippen molar-refractivity contribution >= 4 is 17.9 Å². The highest BCUT2D eigenvalue weighted by Gasteiger charge is 2.28. The lowest BCUT2D eigenvalue weighted by Gasteiger charge is -2.08. The number of carboxylic acids is 1. The van der Waals surface area contributed by atoms with E-state index in [1.807, 2.05) is 30.3 Å². The third kappa shape index (κ3) is 5.20. The molecule has 0 spiro atoms. The average molecular weight is 373 g/mol. The molecule has 144 valence electrons. The van der Waals surface area contributed by atoms with Gasteiger partial charge in [-0.05, 0) is 37.8 Å². The zero-order valence-corrected chi connectivity index (χ0v) is 15.4. The molecule has 1 aromatic heterocycles. The molecule has 0 radical (unpaired) electrons. The molecule has 0 aliphatic heterocycles. The Morgan fingerprint density at radius 1 is 1.00 bits per heavy atom. The van der Waals surface area contributed by atoms with Crippen molar-refractivity contribution in [2.75, 3.05) is 13.2 Å². The summed E-state index contributed by atoms with van der Waals surface area (Å²) < 4.78 is 10.0. The van der Waals surface area contributed by atoms with E-state index in [0.717, 1.165) is 5.56 Å². The van der Waals surface area contributed by atoms with Gasteiger partial charge in [0.25, 0.3) is 0 Å². The lowest BCUT2D eigenvalue weighted by Crippen LogP contribution is -2.14. The van der Waals surface area contributed by atoms with Gasteiger partial charge in [-0.15, -0.1) is 0 Å². The van der Waals surface area contributed by atoms with Gasteiger partial charge in [0, 0.05) is 5.69 Å². The number of rotatable bonds is 9. The Balaban J connectivity index is 2.43. The van der Waals surface area contributed by atoms with Gasteiger partial charge in [-0.1, -0.05) is 30.3 Å². The van der Waals surface area contributed by atoms with E-state index in [1.165, 1.54) is 0 Å². The maximum Gasteiger partial charge on any atom is 0.352 e. The summed E-state index contributed by atoms with van der Waals surface area (Å²) in [5, 5.41) is 9.55. The molecule has 0 amide bonds. The second kappa shape index (κ2) is 9.56. The summed E-state index contributed by atoms with van der Waals surface area (Å²) >= 11 is 0. The van der Waals surface area contributed by atoms with Gasteiger partial charge >= 0.3 is 17.9 Å². The number of hydrogen-bond donors (Lipinski definition) is 2. The number of aromatic carboxylic acids is 1. The van der Waals surface area contributed by atoms with Gasteiger partial charge < -0.3 is 19.6 Å². The maximum absolute atomic E-state index is 12.5. The zero-order valence-electron chi connectivity index (χ0n) is 15.4. The smallest absolute Gasteiger partial charge is 0.352 e. The number of esters is 2. The van der Waals surface area contributed by atoms with Gasteiger partial charge in [-0.3, -0.25) is 4.79 Å². The Hall–Kier alpha value is -3.09. The van der Waals surface area contributed by atoms with Crippen LogP contribution in [0.15, 0.2) is 30.3 Å². The SMILES string of the molecule is CCOC(=O)Cc1[nH]c(C(=O)O)c(CCc2ccccc2)c1C(=O)OCC. The van der Waals surface area contributed by atoms with E-state index in [4.69, 9.17) is 9.47 Å². The zero-order chi connectivity index (χ0) is 19.8. The normalized spacial score (nSPS) is 10.4. The highest BCUT2D eigenvalue weighted by atomic mass is 16.5. The second-order valence-corrected chi connectivity index (χ2v) is 5.83. The number of aryl methyl sites for hydroxylation is 1. The number of carboxylic acid groups (broad SMARTS) is 1. The molecule has 0 saturated heterocycles. The largest absolute Gasteiger partial charge is 0.477 e. The van der Waals surface area contributed by atoms with Crippen LogP contribution in [0.2, 0.25) is 0 Å². The van der Waals surface area contributed by atoms with E-state index < -0.39 is 17.9 Å². The standard InChI is InChI=1S/C20H23NO6/c1-3-26-16(22)12-15-17(20(25)27-4-2)14(18(21-15)19(23)24)11-10-13-8-6-5-7-9-13/h5-9,21H,3-4,10-12H2,1-2H3,(H,23,24). The van der Waals surface area contributed by atoms with Crippen LogP contribution in [0.5, 0.6) is 0 Å². The summed E-state index contributed by atoms with van der Waals surface area (Å²) in [5.41, 5.74) is 1.56. The molecule has 0 atom stereocenters. The molecular formula is C20H23NO6. The molecule has 7 heteroatoms. The Morgan fingerprint density at radius 3 is 2.26 bits per heavy atom. The molecule has 2 N–H and O–H groups in total. The topological polar surface area (TPSA) is 106 Å². The molecule has 0 aliphatic rings. The first kappa shape index (κ1) is 20.2. The first-order valence-corrected chi connectivity index (χ1v) is 8.81. The fraction of sp³-hybridized carbons (Fsp3) is 0.350. The molecule has 2 rings (SSSR count). The minimum atomic E-state index is -1.20. The third-order valence-corrected chi connectivity index (χ3v) is 4.01. The molecule has 1 heterocycles. The number of nitrogens with one attached hydrogen (secondary N) is 1. The Labute approximate surface area is 157 Å². The summed E-state index contributed by atoms with van der Waals surface area (Å²) in [7, 11) is 0. The van der Waals surface area contributed by atoms with E-state index in [1.54, 1.807) is 13.8 Å². The van der Waals surface area contributed by atoms with Crippen molar-refractivity contribution in [3.05, 3.63) is 58.4 Å². The van der Waals surface area contributed by atoms with Crippen molar-refractivity contribution in [2.24, 2.45) is 0 Å². The Kier molecular flexibility index (Phi) is 7.16. The molecule has 0 fully saturated rings. The summed E-state index contributed by atoms with van der Waals surface area (Å²) in [4.78, 5) is 38.8. The third-order valence-electron chi connectivity index (χ3n) is 4.01. The molecule has 0 bridgehead atoms. The number of aromatic nitrogens is 1. The minimum Gasteiger partial charge on any atom is -0.477 e. The van der Waals surface area contributed by atoms with Crippen molar-refractivity contribution in [3.8, 4) is 0 Å². The van der Waals surface area contributed by atoms with Crippen LogP contribution in [0.1, 0.15) is 51.5 Å². The Bertz CT molecular complexity index is 809. The number of carbonyl (C=O) groups is 3. The van der Waals surface area contributed by atoms with E-state index in [0.29, 0.717) is 18.4 Å². The van der Waals surface area contributed by atoms with Gasteiger partial charge in [0.1, 0.15) is 5.69 Å². The van der Waals surface area contributed by atoms with Crippen LogP contribution in [0.3, 0.4) is 0 Å². The van der Waals surface area contributed by atoms with Gasteiger partial charge in [0.2, 0.25) is 0 Å². The summed E-state index contributed by atoms with van der Waals surface area (Å²) in [5.74, 6) is -2.39. The van der Waals surface area contributed by atoms with E-state index in [2.05, 4.69) is 4.98 Å². The molecule has 0 aliphatic carbocycles. The predicted molar refractivity (Wildman–Crippen MR) is 97.9 cm³/mol. The summed E-state index contributed by atoms with van der Waals surface area (Å²) in [6.07, 6.45) is 0.636. The highest BCUT2D eigenvalue weighted by Crippen LogP contribution is 2.24. The summed E-state index contributed by atoms with van der Waals surface area (Å²) in [6.45, 7) is 3.68. The van der Waals surface area contributed by atoms with Crippen molar-refractivity contribution < 1.29 is 29.0 Å². The second-order valence-electron chi connectivity index (χ2n) is 5.83. The molecule has 0 unspecified atom stereocenters. The van der Waals surface area contributed by atoms with Gasteiger partial charge in [-0.2, -0.15) is 0 Å².